The molecule has 0 bridgehead atoms. The van der Waals surface area contributed by atoms with Crippen molar-refractivity contribution >= 4 is 5.78 Å². The van der Waals surface area contributed by atoms with Gasteiger partial charge in [0.15, 0.2) is 0 Å². The zero-order chi connectivity index (χ0) is 12.3. The number of ketones is 1. The average Bonchev–Trinajstić information content (AvgIpc) is 2.33. The lowest BCUT2D eigenvalue weighted by atomic mass is 9.69. The Balaban J connectivity index is 2.27. The summed E-state index contributed by atoms with van der Waals surface area (Å²) in [6.07, 6.45) is 3.47. The minimum Gasteiger partial charge on any atom is -0.309 e. The normalized spacial score (nSPS) is 19.6. The highest BCUT2D eigenvalue weighted by atomic mass is 16.1. The Labute approximate surface area is 104 Å². The zero-order valence-electron chi connectivity index (χ0n) is 10.8. The number of benzene rings is 1. The van der Waals surface area contributed by atoms with E-state index in [-0.39, 0.29) is 5.41 Å². The molecule has 0 radical (unpaired) electrons. The van der Waals surface area contributed by atoms with Gasteiger partial charge in [-0.05, 0) is 32.5 Å². The molecule has 0 N–H and O–H groups in total. The van der Waals surface area contributed by atoms with Gasteiger partial charge in [-0.1, -0.05) is 30.3 Å². The van der Waals surface area contributed by atoms with E-state index in [9.17, 15) is 4.79 Å². The lowest BCUT2D eigenvalue weighted by Gasteiger charge is -2.39. The number of carbonyl (C=O) groups excluding carboxylic acids is 1. The molecular formula is C15H21NO. The second-order valence-electron chi connectivity index (χ2n) is 5.42. The van der Waals surface area contributed by atoms with Gasteiger partial charge in [-0.2, -0.15) is 0 Å². The molecule has 1 aliphatic rings. The van der Waals surface area contributed by atoms with Crippen molar-refractivity contribution in [3.8, 4) is 0 Å². The first-order chi connectivity index (χ1) is 8.12. The van der Waals surface area contributed by atoms with Crippen molar-refractivity contribution in [3.05, 3.63) is 35.9 Å². The number of rotatable bonds is 3. The molecule has 0 heterocycles. The predicted octanol–water partition coefficient (Wildman–Crippen LogP) is 2.63. The van der Waals surface area contributed by atoms with Gasteiger partial charge in [-0.25, -0.2) is 0 Å². The fourth-order valence-electron chi connectivity index (χ4n) is 2.94. The topological polar surface area (TPSA) is 20.3 Å². The number of likely N-dealkylation sites (N-methyl/N-ethyl adjacent to an activating group) is 1. The van der Waals surface area contributed by atoms with Gasteiger partial charge >= 0.3 is 0 Å². The van der Waals surface area contributed by atoms with Gasteiger partial charge in [0.25, 0.3) is 0 Å². The Morgan fingerprint density at radius 1 is 1.12 bits per heavy atom. The maximum absolute atomic E-state index is 11.5. The van der Waals surface area contributed by atoms with Crippen LogP contribution in [0, 0.1) is 0 Å². The van der Waals surface area contributed by atoms with Crippen LogP contribution in [0.25, 0.3) is 0 Å². The maximum atomic E-state index is 11.5. The number of carbonyl (C=O) groups is 1. The van der Waals surface area contributed by atoms with Crippen molar-refractivity contribution in [2.75, 3.05) is 20.6 Å². The van der Waals surface area contributed by atoms with Gasteiger partial charge in [0.05, 0.1) is 0 Å². The van der Waals surface area contributed by atoms with Crippen LogP contribution in [-0.4, -0.2) is 31.3 Å². The van der Waals surface area contributed by atoms with E-state index in [1.165, 1.54) is 5.56 Å². The zero-order valence-corrected chi connectivity index (χ0v) is 10.8. The van der Waals surface area contributed by atoms with Crippen LogP contribution in [0.1, 0.15) is 31.2 Å². The molecule has 1 aliphatic carbocycles. The maximum Gasteiger partial charge on any atom is 0.132 e. The Morgan fingerprint density at radius 3 is 2.24 bits per heavy atom. The molecule has 0 amide bonds. The van der Waals surface area contributed by atoms with Crippen LogP contribution in [0.3, 0.4) is 0 Å². The molecule has 1 aromatic rings. The van der Waals surface area contributed by atoms with E-state index < -0.39 is 0 Å². The van der Waals surface area contributed by atoms with Gasteiger partial charge < -0.3 is 4.90 Å². The summed E-state index contributed by atoms with van der Waals surface area (Å²) in [6.45, 7) is 1.03. The Morgan fingerprint density at radius 2 is 1.71 bits per heavy atom. The molecule has 2 rings (SSSR count). The smallest absolute Gasteiger partial charge is 0.132 e. The molecule has 17 heavy (non-hydrogen) atoms. The first kappa shape index (κ1) is 12.3. The van der Waals surface area contributed by atoms with Gasteiger partial charge in [0, 0.05) is 24.8 Å². The first-order valence-corrected chi connectivity index (χ1v) is 6.34. The summed E-state index contributed by atoms with van der Waals surface area (Å²) in [5, 5.41) is 0. The molecule has 92 valence electrons. The van der Waals surface area contributed by atoms with Gasteiger partial charge in [-0.3, -0.25) is 4.79 Å². The molecule has 2 nitrogen and oxygen atoms in total. The van der Waals surface area contributed by atoms with Crippen molar-refractivity contribution in [2.24, 2.45) is 0 Å². The molecule has 1 saturated carbocycles. The van der Waals surface area contributed by atoms with Gasteiger partial charge in [0.2, 0.25) is 0 Å². The number of hydrogen-bond donors (Lipinski definition) is 0. The standard InChI is InChI=1S/C15H21NO/c1-16(2)12-15(10-8-14(17)9-11-15)13-6-4-3-5-7-13/h3-7H,8-12H2,1-2H3. The number of Topliss-reactive ketones (excluding diaryl/α,β-unsaturated/α-hetero) is 1. The largest absolute Gasteiger partial charge is 0.309 e. The van der Waals surface area contributed by atoms with Crippen molar-refractivity contribution in [1.82, 2.24) is 4.90 Å². The van der Waals surface area contributed by atoms with Crippen LogP contribution in [0.2, 0.25) is 0 Å². The minimum atomic E-state index is 0.179. The van der Waals surface area contributed by atoms with E-state index in [0.717, 1.165) is 32.2 Å². The van der Waals surface area contributed by atoms with Crippen LogP contribution in [0.4, 0.5) is 0 Å². The van der Waals surface area contributed by atoms with Gasteiger partial charge in [0.1, 0.15) is 5.78 Å². The van der Waals surface area contributed by atoms with Crippen molar-refractivity contribution in [2.45, 2.75) is 31.1 Å². The summed E-state index contributed by atoms with van der Waals surface area (Å²) >= 11 is 0. The molecular weight excluding hydrogens is 210 g/mol. The molecule has 0 saturated heterocycles. The third-order valence-corrected chi connectivity index (χ3v) is 3.77. The van der Waals surface area contributed by atoms with Crippen LogP contribution < -0.4 is 0 Å². The summed E-state index contributed by atoms with van der Waals surface area (Å²) in [7, 11) is 4.22. The summed E-state index contributed by atoms with van der Waals surface area (Å²) in [5.74, 6) is 0.426. The highest BCUT2D eigenvalue weighted by molar-refractivity contribution is 5.79. The Bertz CT molecular complexity index is 373. The molecule has 1 fully saturated rings. The van der Waals surface area contributed by atoms with E-state index in [2.05, 4.69) is 49.3 Å². The fraction of sp³-hybridized carbons (Fsp3) is 0.533. The lowest BCUT2D eigenvalue weighted by molar-refractivity contribution is -0.121. The second kappa shape index (κ2) is 5.01. The third-order valence-electron chi connectivity index (χ3n) is 3.77. The molecule has 0 unspecified atom stereocenters. The number of nitrogens with zero attached hydrogens (tertiary/aromatic N) is 1. The quantitative estimate of drug-likeness (QED) is 0.797. The molecule has 0 aromatic heterocycles. The van der Waals surface area contributed by atoms with E-state index in [0.29, 0.717) is 5.78 Å². The number of hydrogen-bond acceptors (Lipinski definition) is 2. The monoisotopic (exact) mass is 231 g/mol. The molecule has 1 aromatic carbocycles. The molecule has 0 atom stereocenters. The van der Waals surface area contributed by atoms with E-state index in [1.807, 2.05) is 0 Å². The van der Waals surface area contributed by atoms with Crippen molar-refractivity contribution < 1.29 is 4.79 Å². The van der Waals surface area contributed by atoms with E-state index in [4.69, 9.17) is 0 Å². The fourth-order valence-corrected chi connectivity index (χ4v) is 2.94. The summed E-state index contributed by atoms with van der Waals surface area (Å²) in [4.78, 5) is 13.7. The van der Waals surface area contributed by atoms with Crippen molar-refractivity contribution in [1.29, 1.82) is 0 Å². The van der Waals surface area contributed by atoms with Crippen LogP contribution >= 0.6 is 0 Å². The SMILES string of the molecule is CN(C)CC1(c2ccccc2)CCC(=O)CC1. The predicted molar refractivity (Wildman–Crippen MR) is 70.1 cm³/mol. The van der Waals surface area contributed by atoms with Crippen molar-refractivity contribution in [3.63, 3.8) is 0 Å². The molecule has 2 heteroatoms. The second-order valence-corrected chi connectivity index (χ2v) is 5.42. The van der Waals surface area contributed by atoms with Gasteiger partial charge in [-0.15, -0.1) is 0 Å². The minimum absolute atomic E-state index is 0.179. The highest BCUT2D eigenvalue weighted by Crippen LogP contribution is 2.38. The summed E-state index contributed by atoms with van der Waals surface area (Å²) < 4.78 is 0. The Hall–Kier alpha value is -1.15. The molecule has 0 spiro atoms. The molecule has 0 aliphatic heterocycles. The van der Waals surface area contributed by atoms with E-state index >= 15 is 0 Å². The average molecular weight is 231 g/mol. The highest BCUT2D eigenvalue weighted by Gasteiger charge is 2.36. The van der Waals surface area contributed by atoms with Crippen LogP contribution in [0.15, 0.2) is 30.3 Å². The van der Waals surface area contributed by atoms with E-state index in [1.54, 1.807) is 0 Å². The first-order valence-electron chi connectivity index (χ1n) is 6.34. The third kappa shape index (κ3) is 2.75. The summed E-state index contributed by atoms with van der Waals surface area (Å²) in [5.41, 5.74) is 1.57. The van der Waals surface area contributed by atoms with Crippen LogP contribution in [0.5, 0.6) is 0 Å². The Kier molecular flexibility index (Phi) is 3.63. The van der Waals surface area contributed by atoms with Crippen LogP contribution in [-0.2, 0) is 10.2 Å². The summed E-state index contributed by atoms with van der Waals surface area (Å²) in [6, 6.07) is 10.7. The lowest BCUT2D eigenvalue weighted by Crippen LogP contribution is -2.41.